The largest absolute Gasteiger partial charge is 0.435 e. The maximum Gasteiger partial charge on any atom is 0.227 e. The first kappa shape index (κ1) is 40.2. The number of para-hydroxylation sites is 4. The summed E-state index contributed by atoms with van der Waals surface area (Å²) < 4.78 is 14.0. The zero-order valence-corrected chi connectivity index (χ0v) is 40.2. The van der Waals surface area contributed by atoms with Crippen molar-refractivity contribution in [2.45, 2.75) is 26.2 Å². The van der Waals surface area contributed by atoms with Gasteiger partial charge in [-0.25, -0.2) is 9.97 Å². The third kappa shape index (κ3) is 6.07. The molecular formula is C60H46N4O2Si2-2. The van der Waals surface area contributed by atoms with Gasteiger partial charge in [0.15, 0.2) is 11.2 Å². The number of benzene rings is 9. The molecule has 0 fully saturated rings. The summed E-state index contributed by atoms with van der Waals surface area (Å²) in [6.07, 6.45) is 0. The van der Waals surface area contributed by atoms with Crippen molar-refractivity contribution in [3.8, 4) is 45.2 Å². The van der Waals surface area contributed by atoms with Crippen molar-refractivity contribution in [1.29, 1.82) is 0 Å². The lowest BCUT2D eigenvalue weighted by Gasteiger charge is -2.49. The summed E-state index contributed by atoms with van der Waals surface area (Å²) in [7, 11) is -3.89. The molecule has 0 radical (unpaired) electrons. The third-order valence-electron chi connectivity index (χ3n) is 14.3. The fourth-order valence-electron chi connectivity index (χ4n) is 10.9. The van der Waals surface area contributed by atoms with Crippen LogP contribution < -0.4 is 30.5 Å². The van der Waals surface area contributed by atoms with Gasteiger partial charge in [-0.15, -0.1) is 0 Å². The van der Waals surface area contributed by atoms with Gasteiger partial charge in [0.25, 0.3) is 0 Å². The molecule has 0 unspecified atom stereocenters. The minimum atomic E-state index is -1.94. The highest BCUT2D eigenvalue weighted by atomic mass is 28.3. The minimum absolute atomic E-state index is 0.536. The first-order chi connectivity index (χ1) is 33.3. The van der Waals surface area contributed by atoms with Crippen LogP contribution in [0.4, 0.5) is 34.1 Å². The van der Waals surface area contributed by atoms with E-state index in [-0.39, 0.29) is 0 Å². The van der Waals surface area contributed by atoms with E-state index in [2.05, 4.69) is 182 Å². The molecule has 0 saturated carbocycles. The van der Waals surface area contributed by atoms with Crippen molar-refractivity contribution in [2.24, 2.45) is 0 Å². The second-order valence-electron chi connectivity index (χ2n) is 19.0. The molecule has 2 aliphatic rings. The smallest absolute Gasteiger partial charge is 0.227 e. The topological polar surface area (TPSA) is 58.5 Å². The molecule has 0 saturated heterocycles. The molecule has 13 rings (SSSR count). The monoisotopic (exact) mass is 910 g/mol. The fraction of sp³-hybridized carbons (Fsp3) is 0.0667. The second kappa shape index (κ2) is 15.2. The second-order valence-corrected chi connectivity index (χ2v) is 27.6. The number of anilines is 6. The summed E-state index contributed by atoms with van der Waals surface area (Å²) in [6.45, 7) is 9.82. The van der Waals surface area contributed by atoms with Crippen LogP contribution in [0.3, 0.4) is 0 Å². The Morgan fingerprint density at radius 3 is 0.941 bits per heavy atom. The van der Waals surface area contributed by atoms with Crippen LogP contribution in [0.5, 0.6) is 0 Å². The van der Waals surface area contributed by atoms with E-state index in [0.29, 0.717) is 34.0 Å². The van der Waals surface area contributed by atoms with Crippen LogP contribution in [0.2, 0.25) is 26.2 Å². The van der Waals surface area contributed by atoms with Gasteiger partial charge in [-0.1, -0.05) is 150 Å². The van der Waals surface area contributed by atoms with Crippen molar-refractivity contribution in [2.75, 3.05) is 9.80 Å². The van der Waals surface area contributed by atoms with E-state index in [1.807, 2.05) is 60.7 Å². The molecule has 0 spiro atoms. The molecule has 0 bridgehead atoms. The van der Waals surface area contributed by atoms with Crippen LogP contribution >= 0.6 is 0 Å². The fourth-order valence-corrected chi connectivity index (χ4v) is 16.9. The van der Waals surface area contributed by atoms with E-state index >= 15 is 0 Å². The van der Waals surface area contributed by atoms with E-state index in [4.69, 9.17) is 18.8 Å². The van der Waals surface area contributed by atoms with E-state index in [0.717, 1.165) is 44.8 Å². The highest BCUT2D eigenvalue weighted by Crippen LogP contribution is 2.48. The molecule has 6 nitrogen and oxygen atoms in total. The summed E-state index contributed by atoms with van der Waals surface area (Å²) in [6, 6.07) is 73.6. The van der Waals surface area contributed by atoms with Gasteiger partial charge < -0.3 is 18.6 Å². The lowest BCUT2D eigenvalue weighted by atomic mass is 9.95. The molecule has 8 heteroatoms. The van der Waals surface area contributed by atoms with Crippen LogP contribution in [0.1, 0.15) is 0 Å². The van der Waals surface area contributed by atoms with E-state index in [1.165, 1.54) is 43.5 Å². The standard InChI is InChI=1S/C60H46N4O2Si2/c1-67(2)49-27-15-11-23-45(49)63(46-24-12-16-28-50(46)67)43-35-31-39(32-36-43)53-55-58(66-59(61-55)41-19-7-5-8-20-41)54(56-57(53)65-60(62-56)42-21-9-6-10-22-42)40-33-37-44(38-34-40)64-47-25-13-17-29-51(47)68(3,4)52-30-18-14-26-48(52)64/h5-38H,1-4H3/q-2. The lowest BCUT2D eigenvalue weighted by molar-refractivity contribution is 0.619. The maximum atomic E-state index is 7.00. The molecule has 4 heterocycles. The predicted octanol–water partition coefficient (Wildman–Crippen LogP) is 13.8. The Kier molecular flexibility index (Phi) is 9.02. The van der Waals surface area contributed by atoms with Crippen molar-refractivity contribution in [3.05, 3.63) is 206 Å². The lowest BCUT2D eigenvalue weighted by Crippen LogP contribution is -2.58. The van der Waals surface area contributed by atoms with Gasteiger partial charge in [0, 0.05) is 45.3 Å². The first-order valence-electron chi connectivity index (χ1n) is 23.3. The average Bonchev–Trinajstić information content (AvgIpc) is 4.03. The number of rotatable bonds is 6. The third-order valence-corrected chi connectivity index (χ3v) is 21.4. The van der Waals surface area contributed by atoms with Crippen molar-refractivity contribution < 1.29 is 8.83 Å². The summed E-state index contributed by atoms with van der Waals surface area (Å²) >= 11 is 0. The van der Waals surface area contributed by atoms with Crippen molar-refractivity contribution in [1.82, 2.24) is 9.97 Å². The van der Waals surface area contributed by atoms with Gasteiger partial charge in [0.05, 0.1) is 11.1 Å². The van der Waals surface area contributed by atoms with Crippen LogP contribution in [0, 0.1) is 0 Å². The molecule has 9 aromatic carbocycles. The van der Waals surface area contributed by atoms with Crippen LogP contribution in [0.15, 0.2) is 215 Å². The van der Waals surface area contributed by atoms with E-state index in [9.17, 15) is 0 Å². The normalized spacial score (nSPS) is 14.4. The summed E-state index contributed by atoms with van der Waals surface area (Å²) in [5, 5.41) is 5.71. The van der Waals surface area contributed by atoms with E-state index in [1.54, 1.807) is 0 Å². The molecular weight excluding hydrogens is 865 g/mol. The Hall–Kier alpha value is -8.05. The number of oxazole rings is 2. The zero-order valence-electron chi connectivity index (χ0n) is 38.2. The molecule has 0 N–H and O–H groups in total. The number of hydrogen-bond donors (Lipinski definition) is 0. The van der Waals surface area contributed by atoms with Gasteiger partial charge in [-0.05, 0) is 83.9 Å². The Morgan fingerprint density at radius 1 is 0.324 bits per heavy atom. The maximum absolute atomic E-state index is 7.00. The van der Waals surface area contributed by atoms with Crippen LogP contribution in [0.25, 0.3) is 67.4 Å². The number of aromatic nitrogens is 2. The minimum Gasteiger partial charge on any atom is -0.435 e. The highest BCUT2D eigenvalue weighted by Gasteiger charge is 2.32. The quantitative estimate of drug-likeness (QED) is 0.155. The Labute approximate surface area is 397 Å². The van der Waals surface area contributed by atoms with Crippen LogP contribution in [-0.2, 0) is 0 Å². The SMILES string of the molecule is C[Si-]1(C)c2ccccc2N(c2ccc(-c3c4nc(-c5ccccc5)oc4c(-c4ccc(N5c6ccccc6[Si-](C)(C)c6ccccc65)cc4)c4nc(-c5ccccc5)oc34)cc2)c2ccccc21. The molecule has 0 atom stereocenters. The molecule has 2 aliphatic heterocycles. The number of hydrogen-bond acceptors (Lipinski definition) is 6. The predicted molar refractivity (Wildman–Crippen MR) is 286 cm³/mol. The Bertz CT molecular complexity index is 3350. The molecule has 328 valence electrons. The Morgan fingerprint density at radius 2 is 0.618 bits per heavy atom. The molecule has 0 amide bonds. The average molecular weight is 911 g/mol. The van der Waals surface area contributed by atoms with Gasteiger partial charge in [-0.3, -0.25) is 0 Å². The molecule has 0 aliphatic carbocycles. The van der Waals surface area contributed by atoms with E-state index < -0.39 is 16.1 Å². The Balaban J connectivity index is 1.01. The molecule has 2 aromatic heterocycles. The van der Waals surface area contributed by atoms with Crippen molar-refractivity contribution in [3.63, 3.8) is 0 Å². The number of nitrogens with zero attached hydrogens (tertiary/aromatic N) is 4. The molecule has 11 aromatic rings. The summed E-state index contributed by atoms with van der Waals surface area (Å²) in [5.74, 6) is 1.07. The summed E-state index contributed by atoms with van der Waals surface area (Å²) in [4.78, 5) is 15.5. The van der Waals surface area contributed by atoms with Gasteiger partial charge in [-0.2, -0.15) is 46.9 Å². The number of fused-ring (bicyclic) bond motifs is 6. The van der Waals surface area contributed by atoms with Crippen molar-refractivity contribution >= 4 is 93.2 Å². The van der Waals surface area contributed by atoms with Gasteiger partial charge >= 0.3 is 0 Å². The van der Waals surface area contributed by atoms with Gasteiger partial charge in [0.1, 0.15) is 11.0 Å². The van der Waals surface area contributed by atoms with Crippen LogP contribution in [-0.4, -0.2) is 26.1 Å². The zero-order chi connectivity index (χ0) is 45.7. The summed E-state index contributed by atoms with van der Waals surface area (Å²) in [5.41, 5.74) is 15.2. The van der Waals surface area contributed by atoms with Gasteiger partial charge in [0.2, 0.25) is 11.8 Å². The highest BCUT2D eigenvalue weighted by molar-refractivity contribution is 7.03. The molecule has 68 heavy (non-hydrogen) atoms. The first-order valence-corrected chi connectivity index (χ1v) is 29.3.